The van der Waals surface area contributed by atoms with Crippen LogP contribution in [0.3, 0.4) is 0 Å². The zero-order chi connectivity index (χ0) is 19.6. The normalized spacial score (nSPS) is 14.1. The minimum atomic E-state index is -1.12. The van der Waals surface area contributed by atoms with Crippen LogP contribution in [0.25, 0.3) is 0 Å². The van der Waals surface area contributed by atoms with E-state index in [2.05, 4.69) is 5.32 Å². The van der Waals surface area contributed by atoms with Gasteiger partial charge in [0, 0.05) is 18.5 Å². The van der Waals surface area contributed by atoms with Crippen LogP contribution in [-0.2, 0) is 27.2 Å². The fourth-order valence-corrected chi connectivity index (χ4v) is 3.08. The number of Topliss-reactive ketones (excluding diaryl/α,β-unsaturated/α-hetero) is 1. The molecule has 7 heteroatoms. The maximum Gasteiger partial charge on any atom is 0.338 e. The summed E-state index contributed by atoms with van der Waals surface area (Å²) >= 11 is 5.76. The first-order valence-electron chi connectivity index (χ1n) is 8.42. The highest BCUT2D eigenvalue weighted by molar-refractivity contribution is 6.30. The Bertz CT molecular complexity index is 928. The molecule has 5 nitrogen and oxygen atoms in total. The number of halogens is 2. The molecule has 1 atom stereocenters. The lowest BCUT2D eigenvalue weighted by molar-refractivity contribution is -0.125. The van der Waals surface area contributed by atoms with Crippen molar-refractivity contribution < 1.29 is 23.5 Å². The quantitative estimate of drug-likeness (QED) is 0.791. The highest BCUT2D eigenvalue weighted by Gasteiger charge is 2.24. The molecule has 0 radical (unpaired) electrons. The number of nitrogens with one attached hydrogen (secondary N) is 1. The van der Waals surface area contributed by atoms with E-state index in [1.165, 1.54) is 25.1 Å². The second-order valence-corrected chi connectivity index (χ2v) is 6.75. The van der Waals surface area contributed by atoms with Crippen LogP contribution >= 0.6 is 11.6 Å². The molecule has 1 N–H and O–H groups in total. The van der Waals surface area contributed by atoms with Crippen molar-refractivity contribution in [3.05, 3.63) is 63.9 Å². The first-order chi connectivity index (χ1) is 12.8. The summed E-state index contributed by atoms with van der Waals surface area (Å²) < 4.78 is 19.4. The second-order valence-electron chi connectivity index (χ2n) is 6.34. The van der Waals surface area contributed by atoms with E-state index >= 15 is 0 Å². The van der Waals surface area contributed by atoms with Crippen LogP contribution in [-0.4, -0.2) is 23.8 Å². The topological polar surface area (TPSA) is 72.5 Å². The van der Waals surface area contributed by atoms with E-state index in [0.29, 0.717) is 18.5 Å². The Morgan fingerprint density at radius 2 is 2.04 bits per heavy atom. The Morgan fingerprint density at radius 3 is 2.78 bits per heavy atom. The van der Waals surface area contributed by atoms with Crippen LogP contribution in [0.4, 0.5) is 10.1 Å². The average molecular weight is 390 g/mol. The monoisotopic (exact) mass is 389 g/mol. The number of carbonyl (C=O) groups excluding carboxylic acids is 3. The van der Waals surface area contributed by atoms with Gasteiger partial charge >= 0.3 is 5.97 Å². The number of ether oxygens (including phenoxy) is 1. The van der Waals surface area contributed by atoms with Gasteiger partial charge in [0.2, 0.25) is 5.91 Å². The van der Waals surface area contributed by atoms with Gasteiger partial charge in [-0.2, -0.15) is 0 Å². The zero-order valence-electron chi connectivity index (χ0n) is 14.6. The Labute approximate surface area is 160 Å². The number of esters is 1. The summed E-state index contributed by atoms with van der Waals surface area (Å²) in [6, 6.07) is 9.24. The molecular formula is C20H17ClFNO4. The molecule has 0 saturated carbocycles. The molecule has 0 bridgehead atoms. The summed E-state index contributed by atoms with van der Waals surface area (Å²) in [6.07, 6.45) is -0.364. The zero-order valence-corrected chi connectivity index (χ0v) is 15.3. The van der Waals surface area contributed by atoms with Gasteiger partial charge in [0.15, 0.2) is 11.9 Å². The molecule has 1 heterocycles. The van der Waals surface area contributed by atoms with Crippen molar-refractivity contribution in [2.75, 3.05) is 5.32 Å². The fourth-order valence-electron chi connectivity index (χ4n) is 2.88. The lowest BCUT2D eigenvalue weighted by atomic mass is 10.0. The summed E-state index contributed by atoms with van der Waals surface area (Å²) in [5.41, 5.74) is 1.95. The van der Waals surface area contributed by atoms with E-state index in [1.54, 1.807) is 18.2 Å². The molecule has 1 unspecified atom stereocenters. The third-order valence-electron chi connectivity index (χ3n) is 4.38. The van der Waals surface area contributed by atoms with Crippen molar-refractivity contribution in [3.8, 4) is 0 Å². The smallest absolute Gasteiger partial charge is 0.338 e. The number of hydrogen-bond acceptors (Lipinski definition) is 4. The lowest BCUT2D eigenvalue weighted by Crippen LogP contribution is -2.28. The minimum Gasteiger partial charge on any atom is -0.450 e. The van der Waals surface area contributed by atoms with Gasteiger partial charge in [-0.05, 0) is 48.7 Å². The van der Waals surface area contributed by atoms with Crippen molar-refractivity contribution in [1.29, 1.82) is 0 Å². The second kappa shape index (κ2) is 7.88. The van der Waals surface area contributed by atoms with Crippen molar-refractivity contribution in [3.63, 3.8) is 0 Å². The molecule has 0 fully saturated rings. The number of aryl methyl sites for hydroxylation is 1. The molecule has 0 spiro atoms. The molecular weight excluding hydrogens is 373 g/mol. The molecule has 3 rings (SSSR count). The van der Waals surface area contributed by atoms with E-state index in [4.69, 9.17) is 16.3 Å². The van der Waals surface area contributed by atoms with E-state index in [0.717, 1.165) is 5.56 Å². The molecule has 0 aliphatic carbocycles. The number of carbonyl (C=O) groups is 3. The standard InChI is InChI=1S/C20H17ClFNO4/c1-11(24)17(10-13-3-2-4-15(21)19(13)22)27-20(26)14-5-7-16-12(9-14)6-8-18(25)23-16/h2-5,7,9,17H,6,8,10H2,1H3,(H,23,25). The third-order valence-corrected chi connectivity index (χ3v) is 4.67. The van der Waals surface area contributed by atoms with Gasteiger partial charge in [0.1, 0.15) is 5.82 Å². The number of benzene rings is 2. The van der Waals surface area contributed by atoms with Crippen LogP contribution < -0.4 is 5.32 Å². The highest BCUT2D eigenvalue weighted by Crippen LogP contribution is 2.25. The van der Waals surface area contributed by atoms with Gasteiger partial charge < -0.3 is 10.1 Å². The predicted octanol–water partition coefficient (Wildman–Crippen LogP) is 3.72. The SMILES string of the molecule is CC(=O)C(Cc1cccc(Cl)c1F)OC(=O)c1ccc2c(c1)CCC(=O)N2. The largest absolute Gasteiger partial charge is 0.450 e. The Hall–Kier alpha value is -2.73. The molecule has 1 aliphatic heterocycles. The maximum atomic E-state index is 14.1. The average Bonchev–Trinajstić information content (AvgIpc) is 2.64. The molecule has 0 aromatic heterocycles. The summed E-state index contributed by atoms with van der Waals surface area (Å²) in [4.78, 5) is 35.8. The van der Waals surface area contributed by atoms with Crippen LogP contribution in [0.15, 0.2) is 36.4 Å². The Kier molecular flexibility index (Phi) is 5.56. The van der Waals surface area contributed by atoms with E-state index < -0.39 is 23.7 Å². The summed E-state index contributed by atoms with van der Waals surface area (Å²) in [7, 11) is 0. The fraction of sp³-hybridized carbons (Fsp3) is 0.250. The van der Waals surface area contributed by atoms with Gasteiger partial charge in [-0.25, -0.2) is 9.18 Å². The number of fused-ring (bicyclic) bond motifs is 1. The number of anilines is 1. The third kappa shape index (κ3) is 4.34. The Morgan fingerprint density at radius 1 is 1.26 bits per heavy atom. The Balaban J connectivity index is 1.77. The van der Waals surface area contributed by atoms with Gasteiger partial charge in [0.25, 0.3) is 0 Å². The first-order valence-corrected chi connectivity index (χ1v) is 8.80. The van der Waals surface area contributed by atoms with Crippen molar-refractivity contribution in [2.45, 2.75) is 32.3 Å². The summed E-state index contributed by atoms with van der Waals surface area (Å²) in [5, 5.41) is 2.67. The number of rotatable bonds is 5. The van der Waals surface area contributed by atoms with Crippen molar-refractivity contribution >= 4 is 34.9 Å². The molecule has 1 amide bonds. The van der Waals surface area contributed by atoms with Crippen LogP contribution in [0.2, 0.25) is 5.02 Å². The predicted molar refractivity (Wildman–Crippen MR) is 98.4 cm³/mol. The molecule has 2 aromatic rings. The van der Waals surface area contributed by atoms with Gasteiger partial charge in [-0.3, -0.25) is 9.59 Å². The van der Waals surface area contributed by atoms with Crippen molar-refractivity contribution in [2.24, 2.45) is 0 Å². The molecule has 0 saturated heterocycles. The van der Waals surface area contributed by atoms with E-state index in [1.807, 2.05) is 0 Å². The minimum absolute atomic E-state index is 0.0575. The van der Waals surface area contributed by atoms with Crippen LogP contribution in [0.1, 0.15) is 34.8 Å². The van der Waals surface area contributed by atoms with Gasteiger partial charge in [-0.15, -0.1) is 0 Å². The molecule has 27 heavy (non-hydrogen) atoms. The molecule has 140 valence electrons. The van der Waals surface area contributed by atoms with Gasteiger partial charge in [-0.1, -0.05) is 23.7 Å². The van der Waals surface area contributed by atoms with Crippen LogP contribution in [0, 0.1) is 5.82 Å². The maximum absolute atomic E-state index is 14.1. The number of ketones is 1. The van der Waals surface area contributed by atoms with Crippen LogP contribution in [0.5, 0.6) is 0 Å². The van der Waals surface area contributed by atoms with Gasteiger partial charge in [0.05, 0.1) is 10.6 Å². The number of hydrogen-bond donors (Lipinski definition) is 1. The highest BCUT2D eigenvalue weighted by atomic mass is 35.5. The summed E-state index contributed by atoms with van der Waals surface area (Å²) in [5.74, 6) is -1.78. The summed E-state index contributed by atoms with van der Waals surface area (Å²) in [6.45, 7) is 1.28. The van der Waals surface area contributed by atoms with E-state index in [-0.39, 0.29) is 28.5 Å². The van der Waals surface area contributed by atoms with E-state index in [9.17, 15) is 18.8 Å². The lowest BCUT2D eigenvalue weighted by Gasteiger charge is -2.19. The molecule has 2 aromatic carbocycles. The molecule has 1 aliphatic rings. The van der Waals surface area contributed by atoms with Crippen molar-refractivity contribution in [1.82, 2.24) is 0 Å². The first kappa shape index (κ1) is 19.0. The number of amides is 1.